The average Bonchev–Trinajstić information content (AvgIpc) is 2.44. The summed E-state index contributed by atoms with van der Waals surface area (Å²) in [5.74, 6) is -1.79. The minimum atomic E-state index is -1.19. The Morgan fingerprint density at radius 3 is 2.67 bits per heavy atom. The molecule has 5 N–H and O–H groups in total. The molecule has 0 saturated carbocycles. The molecule has 0 aromatic carbocycles. The number of amides is 3. The predicted octanol–water partition coefficient (Wildman–Crippen LogP) is -0.0365. The number of carbonyl (C=O) groups is 3. The third kappa shape index (κ3) is 7.50. The number of carboxylic acid groups (broad SMARTS) is 1. The van der Waals surface area contributed by atoms with Crippen LogP contribution in [0.3, 0.4) is 0 Å². The molecule has 1 saturated heterocycles. The Balaban J connectivity index is 2.22. The summed E-state index contributed by atoms with van der Waals surface area (Å²) in [7, 11) is 0. The van der Waals surface area contributed by atoms with Gasteiger partial charge in [0.25, 0.3) is 0 Å². The highest BCUT2D eigenvalue weighted by atomic mass is 16.5. The molecule has 120 valence electrons. The number of nitrogens with one attached hydrogen (secondary N) is 2. The van der Waals surface area contributed by atoms with E-state index in [1.54, 1.807) is 0 Å². The van der Waals surface area contributed by atoms with Crippen LogP contribution < -0.4 is 16.4 Å². The zero-order chi connectivity index (χ0) is 15.7. The first-order valence-corrected chi connectivity index (χ1v) is 7.16. The molecule has 1 heterocycles. The first-order valence-electron chi connectivity index (χ1n) is 7.16. The molecule has 8 nitrogen and oxygen atoms in total. The second-order valence-electron chi connectivity index (χ2n) is 5.07. The molecule has 0 aromatic rings. The van der Waals surface area contributed by atoms with Gasteiger partial charge in [-0.3, -0.25) is 4.79 Å². The molecule has 1 aliphatic heterocycles. The maximum Gasteiger partial charge on any atom is 0.326 e. The molecule has 0 aliphatic carbocycles. The van der Waals surface area contributed by atoms with Crippen LogP contribution in [0.2, 0.25) is 0 Å². The van der Waals surface area contributed by atoms with E-state index in [1.165, 1.54) is 0 Å². The van der Waals surface area contributed by atoms with Gasteiger partial charge in [-0.2, -0.15) is 0 Å². The van der Waals surface area contributed by atoms with E-state index in [1.807, 2.05) is 0 Å². The Labute approximate surface area is 123 Å². The van der Waals surface area contributed by atoms with Crippen molar-refractivity contribution in [3.8, 4) is 0 Å². The summed E-state index contributed by atoms with van der Waals surface area (Å²) < 4.78 is 5.53. The zero-order valence-electron chi connectivity index (χ0n) is 12.0. The van der Waals surface area contributed by atoms with Gasteiger partial charge in [-0.15, -0.1) is 0 Å². The van der Waals surface area contributed by atoms with Gasteiger partial charge in [0.1, 0.15) is 6.04 Å². The maximum absolute atomic E-state index is 11.6. The SMILES string of the molecule is NC(=O)CC[C@@H](NC(=O)NCCC1CCCCO1)C(=O)O. The Hall–Kier alpha value is -1.83. The number of aliphatic carboxylic acids is 1. The summed E-state index contributed by atoms with van der Waals surface area (Å²) in [6.07, 6.45) is 3.93. The first-order chi connectivity index (χ1) is 9.99. The topological polar surface area (TPSA) is 131 Å². The molecule has 0 aromatic heterocycles. The number of hydrogen-bond acceptors (Lipinski definition) is 4. The van der Waals surface area contributed by atoms with Gasteiger partial charge in [0, 0.05) is 19.6 Å². The van der Waals surface area contributed by atoms with Crippen LogP contribution in [0.1, 0.15) is 38.5 Å². The monoisotopic (exact) mass is 301 g/mol. The summed E-state index contributed by atoms with van der Waals surface area (Å²) in [5, 5.41) is 13.9. The van der Waals surface area contributed by atoms with Crippen molar-refractivity contribution in [3.05, 3.63) is 0 Å². The molecule has 0 spiro atoms. The largest absolute Gasteiger partial charge is 0.480 e. The van der Waals surface area contributed by atoms with E-state index in [-0.39, 0.29) is 18.9 Å². The Kier molecular flexibility index (Phi) is 7.52. The van der Waals surface area contributed by atoms with Gasteiger partial charge in [0.05, 0.1) is 6.10 Å². The zero-order valence-corrected chi connectivity index (χ0v) is 12.0. The van der Waals surface area contributed by atoms with Crippen LogP contribution in [0.15, 0.2) is 0 Å². The third-order valence-electron chi connectivity index (χ3n) is 3.31. The smallest absolute Gasteiger partial charge is 0.326 e. The van der Waals surface area contributed by atoms with Gasteiger partial charge in [-0.25, -0.2) is 9.59 Å². The summed E-state index contributed by atoms with van der Waals surface area (Å²) >= 11 is 0. The van der Waals surface area contributed by atoms with Gasteiger partial charge in [0.2, 0.25) is 5.91 Å². The minimum Gasteiger partial charge on any atom is -0.480 e. The van der Waals surface area contributed by atoms with Crippen molar-refractivity contribution in [1.29, 1.82) is 0 Å². The minimum absolute atomic E-state index is 0.0240. The molecule has 0 radical (unpaired) electrons. The van der Waals surface area contributed by atoms with Crippen molar-refractivity contribution in [2.75, 3.05) is 13.2 Å². The van der Waals surface area contributed by atoms with E-state index in [4.69, 9.17) is 15.6 Å². The Morgan fingerprint density at radius 1 is 1.33 bits per heavy atom. The number of carbonyl (C=O) groups excluding carboxylic acids is 2. The summed E-state index contributed by atoms with van der Waals surface area (Å²) in [4.78, 5) is 33.2. The molecule has 21 heavy (non-hydrogen) atoms. The average molecular weight is 301 g/mol. The van der Waals surface area contributed by atoms with Gasteiger partial charge in [-0.05, 0) is 32.1 Å². The second kappa shape index (κ2) is 9.17. The number of urea groups is 1. The maximum atomic E-state index is 11.6. The molecule has 1 rings (SSSR count). The van der Waals surface area contributed by atoms with Gasteiger partial charge in [-0.1, -0.05) is 0 Å². The lowest BCUT2D eigenvalue weighted by molar-refractivity contribution is -0.139. The van der Waals surface area contributed by atoms with E-state index in [0.717, 1.165) is 25.9 Å². The molecule has 1 aliphatic rings. The number of hydrogen-bond donors (Lipinski definition) is 4. The van der Waals surface area contributed by atoms with Crippen molar-refractivity contribution in [2.24, 2.45) is 5.73 Å². The van der Waals surface area contributed by atoms with Crippen LogP contribution >= 0.6 is 0 Å². The Morgan fingerprint density at radius 2 is 2.10 bits per heavy atom. The van der Waals surface area contributed by atoms with Crippen molar-refractivity contribution in [2.45, 2.75) is 50.7 Å². The van der Waals surface area contributed by atoms with Crippen molar-refractivity contribution >= 4 is 17.9 Å². The number of nitrogens with two attached hydrogens (primary N) is 1. The molecule has 0 bridgehead atoms. The molecular weight excluding hydrogens is 278 g/mol. The number of primary amides is 1. The lowest BCUT2D eigenvalue weighted by Gasteiger charge is -2.22. The van der Waals surface area contributed by atoms with Crippen LogP contribution in [0.25, 0.3) is 0 Å². The predicted molar refractivity (Wildman–Crippen MR) is 74.6 cm³/mol. The van der Waals surface area contributed by atoms with Gasteiger partial charge < -0.3 is 26.2 Å². The van der Waals surface area contributed by atoms with Crippen LogP contribution in [-0.2, 0) is 14.3 Å². The molecule has 2 atom stereocenters. The molecule has 1 fully saturated rings. The molecule has 3 amide bonds. The summed E-state index contributed by atoms with van der Waals surface area (Å²) in [6, 6.07) is -1.69. The highest BCUT2D eigenvalue weighted by Crippen LogP contribution is 2.14. The quantitative estimate of drug-likeness (QED) is 0.500. The number of rotatable bonds is 8. The fraction of sp³-hybridized carbons (Fsp3) is 0.769. The van der Waals surface area contributed by atoms with Gasteiger partial charge >= 0.3 is 12.0 Å². The van der Waals surface area contributed by atoms with Crippen molar-refractivity contribution in [3.63, 3.8) is 0 Å². The van der Waals surface area contributed by atoms with Crippen LogP contribution in [0, 0.1) is 0 Å². The first kappa shape index (κ1) is 17.2. The van der Waals surface area contributed by atoms with E-state index >= 15 is 0 Å². The number of ether oxygens (including phenoxy) is 1. The fourth-order valence-electron chi connectivity index (χ4n) is 2.14. The van der Waals surface area contributed by atoms with E-state index in [2.05, 4.69) is 10.6 Å². The van der Waals surface area contributed by atoms with Crippen LogP contribution in [0.5, 0.6) is 0 Å². The van der Waals surface area contributed by atoms with Crippen LogP contribution in [-0.4, -0.2) is 48.3 Å². The normalized spacial score (nSPS) is 19.5. The van der Waals surface area contributed by atoms with E-state index < -0.39 is 23.9 Å². The highest BCUT2D eigenvalue weighted by Gasteiger charge is 2.20. The van der Waals surface area contributed by atoms with Crippen molar-refractivity contribution in [1.82, 2.24) is 10.6 Å². The summed E-state index contributed by atoms with van der Waals surface area (Å²) in [6.45, 7) is 1.17. The molecular formula is C13H23N3O5. The second-order valence-corrected chi connectivity index (χ2v) is 5.07. The van der Waals surface area contributed by atoms with E-state index in [0.29, 0.717) is 13.0 Å². The fourth-order valence-corrected chi connectivity index (χ4v) is 2.14. The number of carboxylic acids is 1. The van der Waals surface area contributed by atoms with Gasteiger partial charge in [0.15, 0.2) is 0 Å². The standard InChI is InChI=1S/C13H23N3O5/c14-11(17)5-4-10(12(18)19)16-13(20)15-7-6-9-3-1-2-8-21-9/h9-10H,1-8H2,(H2,14,17)(H,18,19)(H2,15,16,20)/t9?,10-/m1/s1. The Bertz CT molecular complexity index is 369. The van der Waals surface area contributed by atoms with Crippen molar-refractivity contribution < 1.29 is 24.2 Å². The summed E-state index contributed by atoms with van der Waals surface area (Å²) in [5.41, 5.74) is 4.96. The third-order valence-corrected chi connectivity index (χ3v) is 3.31. The van der Waals surface area contributed by atoms with Crippen LogP contribution in [0.4, 0.5) is 4.79 Å². The van der Waals surface area contributed by atoms with E-state index in [9.17, 15) is 14.4 Å². The highest BCUT2D eigenvalue weighted by molar-refractivity contribution is 5.83. The lowest BCUT2D eigenvalue weighted by Crippen LogP contribution is -2.47. The lowest BCUT2D eigenvalue weighted by atomic mass is 10.1. The molecule has 1 unspecified atom stereocenters. The molecule has 8 heteroatoms.